The fraction of sp³-hybridized carbons (Fsp3) is 0.125. The summed E-state index contributed by atoms with van der Waals surface area (Å²) in [4.78, 5) is 9.20. The zero-order valence-electron chi connectivity index (χ0n) is 11.1. The fourth-order valence-electron chi connectivity index (χ4n) is 2.08. The lowest BCUT2D eigenvalue weighted by molar-refractivity contribution is 1.07. The van der Waals surface area contributed by atoms with Gasteiger partial charge in [0.1, 0.15) is 5.82 Å². The number of nitrogens with one attached hydrogen (secondary N) is 1. The van der Waals surface area contributed by atoms with Crippen molar-refractivity contribution in [3.8, 4) is 0 Å². The van der Waals surface area contributed by atoms with Crippen LogP contribution in [0.3, 0.4) is 0 Å². The molecule has 0 saturated carbocycles. The van der Waals surface area contributed by atoms with Crippen LogP contribution >= 0.6 is 15.9 Å². The van der Waals surface area contributed by atoms with Crippen LogP contribution in [-0.4, -0.2) is 9.97 Å². The van der Waals surface area contributed by atoms with E-state index in [1.807, 2.05) is 49.4 Å². The van der Waals surface area contributed by atoms with Gasteiger partial charge in [0.2, 0.25) is 0 Å². The molecule has 2 aromatic carbocycles. The Morgan fingerprint density at radius 3 is 2.35 bits per heavy atom. The van der Waals surface area contributed by atoms with E-state index < -0.39 is 0 Å². The maximum Gasteiger partial charge on any atom is 0.148 e. The van der Waals surface area contributed by atoms with Gasteiger partial charge in [0.05, 0.1) is 16.7 Å². The number of hydrogen-bond acceptors (Lipinski definition) is 3. The van der Waals surface area contributed by atoms with Crippen molar-refractivity contribution in [2.45, 2.75) is 13.5 Å². The van der Waals surface area contributed by atoms with Crippen LogP contribution in [0.25, 0.3) is 11.0 Å². The standard InChI is InChI=1S/C16H14BrN3/c1-11-16(18-10-12-6-2-3-7-13(12)17)20-15-9-5-4-8-14(15)19-11/h2-9H,10H2,1H3,(H,18,20). The topological polar surface area (TPSA) is 37.8 Å². The maximum atomic E-state index is 4.63. The van der Waals surface area contributed by atoms with E-state index in [1.54, 1.807) is 0 Å². The molecule has 0 aliphatic carbocycles. The van der Waals surface area contributed by atoms with Crippen LogP contribution in [0.4, 0.5) is 5.82 Å². The van der Waals surface area contributed by atoms with Crippen LogP contribution in [-0.2, 0) is 6.54 Å². The Balaban J connectivity index is 1.87. The molecule has 0 radical (unpaired) electrons. The largest absolute Gasteiger partial charge is 0.364 e. The van der Waals surface area contributed by atoms with Crippen molar-refractivity contribution < 1.29 is 0 Å². The molecule has 1 heterocycles. The van der Waals surface area contributed by atoms with Crippen molar-refractivity contribution in [3.05, 3.63) is 64.3 Å². The molecule has 0 spiro atoms. The highest BCUT2D eigenvalue weighted by Crippen LogP contribution is 2.19. The van der Waals surface area contributed by atoms with Crippen LogP contribution in [0.5, 0.6) is 0 Å². The van der Waals surface area contributed by atoms with Crippen LogP contribution in [0.15, 0.2) is 53.0 Å². The van der Waals surface area contributed by atoms with Crippen LogP contribution in [0, 0.1) is 6.92 Å². The Bertz CT molecular complexity index is 756. The van der Waals surface area contributed by atoms with Gasteiger partial charge in [0.25, 0.3) is 0 Å². The van der Waals surface area contributed by atoms with E-state index in [-0.39, 0.29) is 0 Å². The average Bonchev–Trinajstić information content (AvgIpc) is 2.46. The van der Waals surface area contributed by atoms with Gasteiger partial charge in [-0.2, -0.15) is 0 Å². The maximum absolute atomic E-state index is 4.63. The number of nitrogens with zero attached hydrogens (tertiary/aromatic N) is 2. The lowest BCUT2D eigenvalue weighted by Crippen LogP contribution is -2.05. The second-order valence-corrected chi connectivity index (χ2v) is 5.45. The number of fused-ring (bicyclic) bond motifs is 1. The van der Waals surface area contributed by atoms with Gasteiger partial charge < -0.3 is 5.32 Å². The van der Waals surface area contributed by atoms with E-state index in [9.17, 15) is 0 Å². The molecule has 0 atom stereocenters. The number of benzene rings is 2. The summed E-state index contributed by atoms with van der Waals surface area (Å²) in [5.41, 5.74) is 3.95. The number of halogens is 1. The second kappa shape index (κ2) is 5.59. The first kappa shape index (κ1) is 13.1. The van der Waals surface area contributed by atoms with E-state index >= 15 is 0 Å². The molecule has 100 valence electrons. The van der Waals surface area contributed by atoms with E-state index in [4.69, 9.17) is 0 Å². The Morgan fingerprint density at radius 2 is 1.60 bits per heavy atom. The van der Waals surface area contributed by atoms with E-state index in [0.29, 0.717) is 0 Å². The smallest absolute Gasteiger partial charge is 0.148 e. The van der Waals surface area contributed by atoms with Gasteiger partial charge in [-0.05, 0) is 30.7 Å². The monoisotopic (exact) mass is 327 g/mol. The Hall–Kier alpha value is -1.94. The minimum Gasteiger partial charge on any atom is -0.364 e. The minimum atomic E-state index is 0.718. The van der Waals surface area contributed by atoms with Crippen molar-refractivity contribution in [1.29, 1.82) is 0 Å². The van der Waals surface area contributed by atoms with Crippen LogP contribution in [0.2, 0.25) is 0 Å². The summed E-state index contributed by atoms with van der Waals surface area (Å²) in [5.74, 6) is 0.833. The fourth-order valence-corrected chi connectivity index (χ4v) is 2.50. The van der Waals surface area contributed by atoms with Gasteiger partial charge in [0.15, 0.2) is 0 Å². The summed E-state index contributed by atoms with van der Waals surface area (Å²) in [6, 6.07) is 16.1. The van der Waals surface area contributed by atoms with E-state index in [2.05, 4.69) is 37.3 Å². The molecule has 4 heteroatoms. The molecule has 3 aromatic rings. The number of aromatic nitrogens is 2. The predicted octanol–water partition coefficient (Wildman–Crippen LogP) is 4.31. The molecule has 0 saturated heterocycles. The van der Waals surface area contributed by atoms with Crippen LogP contribution < -0.4 is 5.32 Å². The lowest BCUT2D eigenvalue weighted by atomic mass is 10.2. The first-order valence-electron chi connectivity index (χ1n) is 6.45. The molecule has 0 aliphatic heterocycles. The van der Waals surface area contributed by atoms with E-state index in [0.717, 1.165) is 33.6 Å². The first-order chi connectivity index (χ1) is 9.74. The van der Waals surface area contributed by atoms with E-state index in [1.165, 1.54) is 5.56 Å². The average molecular weight is 328 g/mol. The highest BCUT2D eigenvalue weighted by molar-refractivity contribution is 9.10. The Morgan fingerprint density at radius 1 is 0.950 bits per heavy atom. The molecule has 0 bridgehead atoms. The summed E-state index contributed by atoms with van der Waals surface area (Å²) in [7, 11) is 0. The van der Waals surface area contributed by atoms with Crippen molar-refractivity contribution in [1.82, 2.24) is 9.97 Å². The van der Waals surface area contributed by atoms with Gasteiger partial charge in [-0.15, -0.1) is 0 Å². The lowest BCUT2D eigenvalue weighted by Gasteiger charge is -2.10. The number of para-hydroxylation sites is 2. The number of anilines is 1. The zero-order valence-corrected chi connectivity index (χ0v) is 12.7. The quantitative estimate of drug-likeness (QED) is 0.778. The number of hydrogen-bond donors (Lipinski definition) is 1. The van der Waals surface area contributed by atoms with Gasteiger partial charge in [-0.3, -0.25) is 0 Å². The molecule has 20 heavy (non-hydrogen) atoms. The summed E-state index contributed by atoms with van der Waals surface area (Å²) >= 11 is 3.55. The summed E-state index contributed by atoms with van der Waals surface area (Å²) in [6.45, 7) is 2.69. The number of aryl methyl sites for hydroxylation is 1. The third-order valence-electron chi connectivity index (χ3n) is 3.15. The van der Waals surface area contributed by atoms with Crippen molar-refractivity contribution in [3.63, 3.8) is 0 Å². The van der Waals surface area contributed by atoms with Crippen molar-refractivity contribution in [2.24, 2.45) is 0 Å². The number of rotatable bonds is 3. The Kier molecular flexibility index (Phi) is 3.65. The summed E-state index contributed by atoms with van der Waals surface area (Å²) in [6.07, 6.45) is 0. The Labute approximate surface area is 126 Å². The van der Waals surface area contributed by atoms with Crippen molar-refractivity contribution >= 4 is 32.8 Å². The zero-order chi connectivity index (χ0) is 13.9. The molecule has 0 aliphatic rings. The molecular weight excluding hydrogens is 314 g/mol. The third-order valence-corrected chi connectivity index (χ3v) is 3.92. The second-order valence-electron chi connectivity index (χ2n) is 4.59. The van der Waals surface area contributed by atoms with Crippen molar-refractivity contribution in [2.75, 3.05) is 5.32 Å². The molecule has 3 rings (SSSR count). The SMILES string of the molecule is Cc1nc2ccccc2nc1NCc1ccccc1Br. The minimum absolute atomic E-state index is 0.718. The molecule has 0 fully saturated rings. The van der Waals surface area contributed by atoms with Gasteiger partial charge in [-0.1, -0.05) is 46.3 Å². The van der Waals surface area contributed by atoms with Gasteiger partial charge >= 0.3 is 0 Å². The molecule has 0 unspecified atom stereocenters. The predicted molar refractivity (Wildman–Crippen MR) is 85.7 cm³/mol. The summed E-state index contributed by atoms with van der Waals surface area (Å²) < 4.78 is 1.10. The molecule has 3 nitrogen and oxygen atoms in total. The highest BCUT2D eigenvalue weighted by Gasteiger charge is 2.05. The summed E-state index contributed by atoms with van der Waals surface area (Å²) in [5, 5.41) is 3.36. The van der Waals surface area contributed by atoms with Gasteiger partial charge in [0, 0.05) is 11.0 Å². The molecule has 1 aromatic heterocycles. The molecule has 1 N–H and O–H groups in total. The van der Waals surface area contributed by atoms with Crippen LogP contribution in [0.1, 0.15) is 11.3 Å². The van der Waals surface area contributed by atoms with Gasteiger partial charge in [-0.25, -0.2) is 9.97 Å². The highest BCUT2D eigenvalue weighted by atomic mass is 79.9. The molecule has 0 amide bonds. The normalized spacial score (nSPS) is 10.7. The molecular formula is C16H14BrN3. The third kappa shape index (κ3) is 2.65. The first-order valence-corrected chi connectivity index (χ1v) is 7.24.